The van der Waals surface area contributed by atoms with Gasteiger partial charge in [0, 0.05) is 0 Å². The Kier molecular flexibility index (Phi) is 6.22. The van der Waals surface area contributed by atoms with Crippen molar-refractivity contribution in [3.05, 3.63) is 12.8 Å². The van der Waals surface area contributed by atoms with Crippen LogP contribution in [0.2, 0.25) is 0 Å². The van der Waals surface area contributed by atoms with Gasteiger partial charge in [-0.25, -0.2) is 0 Å². The predicted molar refractivity (Wildman–Crippen MR) is 45.4 cm³/mol. The highest BCUT2D eigenvalue weighted by atomic mass is 28.4. The van der Waals surface area contributed by atoms with E-state index in [0.29, 0.717) is 6.26 Å². The number of rotatable bonds is 2. The van der Waals surface area contributed by atoms with Crippen LogP contribution in [0.3, 0.4) is 0 Å². The summed E-state index contributed by atoms with van der Waals surface area (Å²) in [6.45, 7) is 2.94. The fourth-order valence-corrected chi connectivity index (χ4v) is 0.326. The van der Waals surface area contributed by atoms with Crippen LogP contribution in [-0.2, 0) is 4.43 Å². The molecular formula is C6H17NO4Si. The van der Waals surface area contributed by atoms with E-state index in [2.05, 4.69) is 39.2 Å². The minimum absolute atomic E-state index is 0.708. The van der Waals surface area contributed by atoms with Crippen LogP contribution in [0.25, 0.3) is 0 Å². The van der Waals surface area contributed by atoms with Gasteiger partial charge in [0.25, 0.3) is 0 Å². The molecule has 5 nitrogen and oxygen atoms in total. The highest BCUT2D eigenvalue weighted by Crippen LogP contribution is 1.80. The Morgan fingerprint density at radius 1 is 1.33 bits per heavy atom. The minimum Gasteiger partial charge on any atom is -0.783 e. The highest BCUT2D eigenvalue weighted by molar-refractivity contribution is 6.46. The first-order valence-electron chi connectivity index (χ1n) is 3.29. The van der Waals surface area contributed by atoms with E-state index in [1.54, 1.807) is 0 Å². The van der Waals surface area contributed by atoms with E-state index in [1.807, 2.05) is 0 Å². The van der Waals surface area contributed by atoms with E-state index in [-0.39, 0.29) is 0 Å². The number of quaternary nitrogens is 1. The molecule has 0 aromatic heterocycles. The monoisotopic (exact) mass is 195 g/mol. The Morgan fingerprint density at radius 3 is 1.58 bits per heavy atom. The molecule has 0 aliphatic heterocycles. The van der Waals surface area contributed by atoms with Crippen molar-refractivity contribution in [2.45, 2.75) is 0 Å². The van der Waals surface area contributed by atoms with Gasteiger partial charge in [-0.3, -0.25) is 0 Å². The summed E-state index contributed by atoms with van der Waals surface area (Å²) >= 11 is 0. The normalized spacial score (nSPS) is 11.2. The van der Waals surface area contributed by atoms with Gasteiger partial charge in [-0.1, -0.05) is 6.58 Å². The van der Waals surface area contributed by atoms with Gasteiger partial charge in [0.1, 0.15) is 0 Å². The van der Waals surface area contributed by atoms with E-state index in [9.17, 15) is 4.80 Å². The Labute approximate surface area is 74.2 Å². The van der Waals surface area contributed by atoms with Crippen molar-refractivity contribution in [1.82, 2.24) is 0 Å². The van der Waals surface area contributed by atoms with Gasteiger partial charge in [0.05, 0.1) is 34.5 Å². The Morgan fingerprint density at radius 2 is 1.58 bits per heavy atom. The largest absolute Gasteiger partial charge is 0.783 e. The molecule has 0 aromatic carbocycles. The van der Waals surface area contributed by atoms with Gasteiger partial charge in [-0.2, -0.15) is 0 Å². The molecule has 2 N–H and O–H groups in total. The van der Waals surface area contributed by atoms with Crippen LogP contribution in [0.5, 0.6) is 0 Å². The fourth-order valence-electron chi connectivity index (χ4n) is 0.109. The molecule has 0 saturated carbocycles. The third kappa shape index (κ3) is 54.8. The van der Waals surface area contributed by atoms with E-state index < -0.39 is 9.05 Å². The average Bonchev–Trinajstić information content (AvgIpc) is 1.54. The molecule has 0 spiro atoms. The molecule has 12 heavy (non-hydrogen) atoms. The molecule has 0 rings (SSSR count). The van der Waals surface area contributed by atoms with Crippen LogP contribution in [-0.4, -0.2) is 51.3 Å². The molecule has 0 radical (unpaired) electrons. The summed E-state index contributed by atoms with van der Waals surface area (Å²) in [6, 6.07) is 0. The van der Waals surface area contributed by atoms with E-state index in [1.165, 1.54) is 0 Å². The van der Waals surface area contributed by atoms with Crippen molar-refractivity contribution < 1.29 is 23.3 Å². The summed E-state index contributed by atoms with van der Waals surface area (Å²) < 4.78 is 4.69. The van der Waals surface area contributed by atoms with Crippen LogP contribution < -0.4 is 4.80 Å². The fraction of sp³-hybridized carbons (Fsp3) is 0.667. The molecule has 0 unspecified atom stereocenters. The maximum absolute atomic E-state index is 9.66. The third-order valence-corrected chi connectivity index (χ3v) is 0.711. The molecule has 74 valence electrons. The molecule has 0 aliphatic rings. The molecule has 0 saturated heterocycles. The van der Waals surface area contributed by atoms with Crippen LogP contribution >= 0.6 is 0 Å². The molecule has 6 heteroatoms. The molecule has 0 aliphatic carbocycles. The van der Waals surface area contributed by atoms with Gasteiger partial charge in [0.2, 0.25) is 0 Å². The van der Waals surface area contributed by atoms with Crippen molar-refractivity contribution >= 4 is 9.05 Å². The molecule has 0 amide bonds. The summed E-state index contributed by atoms with van der Waals surface area (Å²) in [5, 5.41) is 0. The van der Waals surface area contributed by atoms with E-state index in [4.69, 9.17) is 9.59 Å². The zero-order chi connectivity index (χ0) is 10.4. The van der Waals surface area contributed by atoms with Crippen molar-refractivity contribution in [2.24, 2.45) is 0 Å². The number of nitrogens with zero attached hydrogens (tertiary/aromatic N) is 1. The van der Waals surface area contributed by atoms with Crippen LogP contribution in [0.1, 0.15) is 0 Å². The minimum atomic E-state index is -4.53. The molecule has 0 bridgehead atoms. The number of hydrogen-bond donors (Lipinski definition) is 2. The smallest absolute Gasteiger partial charge is 0.475 e. The summed E-state index contributed by atoms with van der Waals surface area (Å²) in [4.78, 5) is 25.4. The van der Waals surface area contributed by atoms with Gasteiger partial charge in [-0.15, -0.1) is 0 Å². The Hall–Kier alpha value is -0.403. The molecule has 0 fully saturated rings. The van der Waals surface area contributed by atoms with Crippen molar-refractivity contribution in [1.29, 1.82) is 0 Å². The van der Waals surface area contributed by atoms with Gasteiger partial charge >= 0.3 is 9.05 Å². The summed E-state index contributed by atoms with van der Waals surface area (Å²) in [7, 11) is 3.97. The lowest BCUT2D eigenvalue weighted by Gasteiger charge is -2.19. The predicted octanol–water partition coefficient (Wildman–Crippen LogP) is -1.75. The lowest BCUT2D eigenvalue weighted by molar-refractivity contribution is -0.849. The van der Waals surface area contributed by atoms with Gasteiger partial charge in [-0.05, 0) is 0 Å². The van der Waals surface area contributed by atoms with Gasteiger partial charge < -0.3 is 23.3 Å². The quantitative estimate of drug-likeness (QED) is 0.311. The van der Waals surface area contributed by atoms with Crippen molar-refractivity contribution in [2.75, 3.05) is 28.2 Å². The molecule has 0 atom stereocenters. The van der Waals surface area contributed by atoms with Gasteiger partial charge in [0.15, 0.2) is 0 Å². The maximum atomic E-state index is 9.66. The lowest BCUT2D eigenvalue weighted by atomic mass is 10.8. The third-order valence-electron chi connectivity index (χ3n) is 0.237. The van der Waals surface area contributed by atoms with Crippen LogP contribution in [0.4, 0.5) is 0 Å². The average molecular weight is 195 g/mol. The maximum Gasteiger partial charge on any atom is 0.475 e. The van der Waals surface area contributed by atoms with E-state index in [0.717, 1.165) is 4.48 Å². The van der Waals surface area contributed by atoms with Crippen molar-refractivity contribution in [3.63, 3.8) is 0 Å². The molecule has 0 heterocycles. The van der Waals surface area contributed by atoms with Crippen LogP contribution in [0.15, 0.2) is 12.8 Å². The highest BCUT2D eigenvalue weighted by Gasteiger charge is 2.11. The lowest BCUT2D eigenvalue weighted by Crippen LogP contribution is -2.52. The first-order chi connectivity index (χ1) is 5.06. The summed E-state index contributed by atoms with van der Waals surface area (Å²) in [5.74, 6) is 0. The first kappa shape index (κ1) is 14.1. The second kappa shape index (κ2) is 5.28. The van der Waals surface area contributed by atoms with Crippen molar-refractivity contribution in [3.8, 4) is 0 Å². The van der Waals surface area contributed by atoms with E-state index >= 15 is 0 Å². The second-order valence-electron chi connectivity index (χ2n) is 3.52. The SMILES string of the molecule is C=CO[Si]([O-])(O)O.C[N+](C)(C)C. The van der Waals surface area contributed by atoms with Crippen LogP contribution in [0, 0.1) is 0 Å². The molecular weight excluding hydrogens is 178 g/mol. The zero-order valence-corrected chi connectivity index (χ0v) is 8.94. The topological polar surface area (TPSA) is 72.8 Å². The second-order valence-corrected chi connectivity index (χ2v) is 4.85. The standard InChI is InChI=1S/C4H12N.C2H5O4Si/c1-5(2,3)4;1-2-6-7(3,4)5/h1-4H3;2-4H,1H2/q+1;-1. The zero-order valence-electron chi connectivity index (χ0n) is 7.94. The number of hydrogen-bond acceptors (Lipinski definition) is 4. The Balaban J connectivity index is 0. The Bertz CT molecular complexity index is 120. The summed E-state index contributed by atoms with van der Waals surface area (Å²) in [6.07, 6.45) is 0.708. The first-order valence-corrected chi connectivity index (χ1v) is 5.00. The summed E-state index contributed by atoms with van der Waals surface area (Å²) in [5.41, 5.74) is 0. The molecule has 0 aromatic rings.